The fraction of sp³-hybridized carbons (Fsp3) is 0.944. The van der Waals surface area contributed by atoms with E-state index in [4.69, 9.17) is 21.3 Å². The van der Waals surface area contributed by atoms with Gasteiger partial charge in [-0.05, 0) is 32.2 Å². The van der Waals surface area contributed by atoms with E-state index < -0.39 is 6.04 Å². The summed E-state index contributed by atoms with van der Waals surface area (Å²) in [5, 5.41) is 11.3. The molecule has 0 aliphatic heterocycles. The number of rotatable bonds is 12. The second-order valence-corrected chi connectivity index (χ2v) is 4.23. The lowest BCUT2D eigenvalue weighted by atomic mass is 10.1. The maximum atomic E-state index is 11.5. The summed E-state index contributed by atoms with van der Waals surface area (Å²) in [4.78, 5) is 11.5. The molecule has 6 N–H and O–H groups in total. The van der Waals surface area contributed by atoms with Crippen molar-refractivity contribution in [2.24, 2.45) is 11.5 Å². The van der Waals surface area contributed by atoms with Crippen molar-refractivity contribution < 1.29 is 14.6 Å². The van der Waals surface area contributed by atoms with Crippen molar-refractivity contribution in [3.63, 3.8) is 0 Å². The topological polar surface area (TPSA) is 111 Å². The van der Waals surface area contributed by atoms with Crippen LogP contribution < -0.4 is 16.8 Å². The monoisotopic (exact) mass is 357 g/mol. The molecule has 6 heteroatoms. The molecular formula is C18H51N3O3. The first kappa shape index (κ1) is 43.6. The van der Waals surface area contributed by atoms with E-state index in [1.807, 2.05) is 0 Å². The van der Waals surface area contributed by atoms with Crippen LogP contribution in [0.4, 0.5) is 0 Å². The minimum Gasteiger partial charge on any atom is -0.396 e. The number of aliphatic hydroxyl groups is 1. The van der Waals surface area contributed by atoms with Gasteiger partial charge in [-0.1, -0.05) is 51.0 Å². The first-order valence-electron chi connectivity index (χ1n) is 6.64. The van der Waals surface area contributed by atoms with E-state index in [0.29, 0.717) is 39.1 Å². The third-order valence-corrected chi connectivity index (χ3v) is 2.52. The highest BCUT2D eigenvalue weighted by Crippen LogP contribution is 1.97. The Morgan fingerprint density at radius 1 is 0.958 bits per heavy atom. The Morgan fingerprint density at radius 3 is 2.00 bits per heavy atom. The first-order chi connectivity index (χ1) is 8.72. The van der Waals surface area contributed by atoms with Crippen LogP contribution in [0.1, 0.15) is 76.7 Å². The Morgan fingerprint density at radius 2 is 1.50 bits per heavy atom. The van der Waals surface area contributed by atoms with Gasteiger partial charge in [-0.2, -0.15) is 0 Å². The summed E-state index contributed by atoms with van der Waals surface area (Å²) >= 11 is 0. The normalized spacial score (nSPS) is 9.29. The van der Waals surface area contributed by atoms with E-state index in [0.717, 1.165) is 19.3 Å². The summed E-state index contributed by atoms with van der Waals surface area (Å²) < 4.78 is 5.24. The summed E-state index contributed by atoms with van der Waals surface area (Å²) in [6.07, 6.45) is 3.87. The number of ether oxygens (including phenoxy) is 1. The molecule has 0 saturated carbocycles. The molecule has 0 fully saturated rings. The average molecular weight is 358 g/mol. The lowest BCUT2D eigenvalue weighted by molar-refractivity contribution is -0.122. The van der Waals surface area contributed by atoms with Crippen molar-refractivity contribution >= 4 is 5.91 Å². The highest BCUT2D eigenvalue weighted by atomic mass is 16.5. The standard InChI is InChI=1S/C12H27N3O3.6CH4/c13-6-2-1-5-11(14)12(17)15-7-3-9-18-10-4-8-16;;;;;;/h11,16H,1-10,13-14H2,(H,15,17);6*1H4. The quantitative estimate of drug-likeness (QED) is 0.401. The van der Waals surface area contributed by atoms with Crippen LogP contribution in [-0.2, 0) is 9.53 Å². The average Bonchev–Trinajstić information content (AvgIpc) is 2.37. The minimum atomic E-state index is -0.438. The second kappa shape index (κ2) is 33.8. The molecule has 0 spiro atoms. The number of aliphatic hydroxyl groups excluding tert-OH is 1. The molecule has 0 rings (SSSR count). The first-order valence-corrected chi connectivity index (χ1v) is 6.64. The molecule has 1 unspecified atom stereocenters. The number of amides is 1. The smallest absolute Gasteiger partial charge is 0.236 e. The Hall–Kier alpha value is -0.690. The van der Waals surface area contributed by atoms with Gasteiger partial charge in [-0.25, -0.2) is 0 Å². The number of hydrogen-bond acceptors (Lipinski definition) is 5. The van der Waals surface area contributed by atoms with Gasteiger partial charge in [-0.3, -0.25) is 4.79 Å². The van der Waals surface area contributed by atoms with E-state index in [1.165, 1.54) is 0 Å². The van der Waals surface area contributed by atoms with Gasteiger partial charge in [0, 0.05) is 26.4 Å². The summed E-state index contributed by atoms with van der Waals surface area (Å²) in [5.41, 5.74) is 11.1. The van der Waals surface area contributed by atoms with Gasteiger partial charge in [0.15, 0.2) is 0 Å². The van der Waals surface area contributed by atoms with Crippen LogP contribution >= 0.6 is 0 Å². The van der Waals surface area contributed by atoms with Gasteiger partial charge >= 0.3 is 0 Å². The zero-order valence-electron chi connectivity index (χ0n) is 11.1. The zero-order chi connectivity index (χ0) is 13.6. The lowest BCUT2D eigenvalue weighted by Crippen LogP contribution is -2.41. The third kappa shape index (κ3) is 29.3. The molecule has 0 aromatic carbocycles. The molecule has 1 atom stereocenters. The third-order valence-electron chi connectivity index (χ3n) is 2.52. The second-order valence-electron chi connectivity index (χ2n) is 4.23. The summed E-state index contributed by atoms with van der Waals surface area (Å²) in [7, 11) is 0. The Kier molecular flexibility index (Phi) is 61.4. The Balaban J connectivity index is -0.0000000963. The maximum absolute atomic E-state index is 11.5. The van der Waals surface area contributed by atoms with Gasteiger partial charge in [0.1, 0.15) is 0 Å². The lowest BCUT2D eigenvalue weighted by Gasteiger charge is -2.11. The van der Waals surface area contributed by atoms with Crippen LogP contribution in [0.25, 0.3) is 0 Å². The van der Waals surface area contributed by atoms with Crippen LogP contribution in [0.5, 0.6) is 0 Å². The van der Waals surface area contributed by atoms with Gasteiger partial charge in [-0.15, -0.1) is 0 Å². The molecule has 0 aromatic rings. The van der Waals surface area contributed by atoms with Gasteiger partial charge in [0.2, 0.25) is 5.91 Å². The molecule has 1 amide bonds. The van der Waals surface area contributed by atoms with Crippen LogP contribution in [0.2, 0.25) is 0 Å². The fourth-order valence-corrected chi connectivity index (χ4v) is 1.43. The SMILES string of the molecule is C.C.C.C.C.C.NCCCCC(N)C(=O)NCCCOCCCO. The molecular weight excluding hydrogens is 306 g/mol. The van der Waals surface area contributed by atoms with Crippen molar-refractivity contribution in [3.8, 4) is 0 Å². The molecule has 24 heavy (non-hydrogen) atoms. The number of unbranched alkanes of at least 4 members (excludes halogenated alkanes) is 1. The largest absolute Gasteiger partial charge is 0.396 e. The predicted molar refractivity (Wildman–Crippen MR) is 111 cm³/mol. The summed E-state index contributed by atoms with van der Waals surface area (Å²) in [6.45, 7) is 2.50. The van der Waals surface area contributed by atoms with Gasteiger partial charge in [0.25, 0.3) is 0 Å². The minimum absolute atomic E-state index is 0. The van der Waals surface area contributed by atoms with Crippen LogP contribution in [0.3, 0.4) is 0 Å². The van der Waals surface area contributed by atoms with Gasteiger partial charge < -0.3 is 26.6 Å². The van der Waals surface area contributed by atoms with Gasteiger partial charge in [0.05, 0.1) is 6.04 Å². The molecule has 6 nitrogen and oxygen atoms in total. The molecule has 0 bridgehead atoms. The molecule has 0 aliphatic rings. The predicted octanol–water partition coefficient (Wildman–Crippen LogP) is 3.16. The zero-order valence-corrected chi connectivity index (χ0v) is 11.1. The van der Waals surface area contributed by atoms with E-state index in [-0.39, 0.29) is 57.1 Å². The van der Waals surface area contributed by atoms with Crippen molar-refractivity contribution in [2.75, 3.05) is 32.9 Å². The maximum Gasteiger partial charge on any atom is 0.236 e. The number of carbonyl (C=O) groups is 1. The highest BCUT2D eigenvalue weighted by Gasteiger charge is 2.11. The van der Waals surface area contributed by atoms with Crippen molar-refractivity contribution in [1.82, 2.24) is 5.32 Å². The van der Waals surface area contributed by atoms with E-state index >= 15 is 0 Å². The molecule has 0 saturated heterocycles. The van der Waals surface area contributed by atoms with Crippen LogP contribution in [-0.4, -0.2) is 50.0 Å². The fourth-order valence-electron chi connectivity index (χ4n) is 1.43. The number of nitrogens with two attached hydrogens (primary N) is 2. The number of carbonyl (C=O) groups excluding carboxylic acids is 1. The van der Waals surface area contributed by atoms with Crippen LogP contribution in [0, 0.1) is 0 Å². The Labute approximate surface area is 153 Å². The molecule has 156 valence electrons. The van der Waals surface area contributed by atoms with Crippen molar-refractivity contribution in [3.05, 3.63) is 0 Å². The summed E-state index contributed by atoms with van der Waals surface area (Å²) in [6, 6.07) is -0.438. The van der Waals surface area contributed by atoms with E-state index in [9.17, 15) is 4.79 Å². The molecule has 0 aliphatic carbocycles. The number of hydrogen-bond donors (Lipinski definition) is 4. The van der Waals surface area contributed by atoms with Crippen molar-refractivity contribution in [1.29, 1.82) is 0 Å². The molecule has 0 heterocycles. The van der Waals surface area contributed by atoms with Crippen LogP contribution in [0.15, 0.2) is 0 Å². The van der Waals surface area contributed by atoms with Crippen molar-refractivity contribution in [2.45, 2.75) is 82.7 Å². The van der Waals surface area contributed by atoms with E-state index in [1.54, 1.807) is 0 Å². The highest BCUT2D eigenvalue weighted by molar-refractivity contribution is 5.81. The Bertz CT molecular complexity index is 206. The molecule has 0 aromatic heterocycles. The molecule has 0 radical (unpaired) electrons. The van der Waals surface area contributed by atoms with E-state index in [2.05, 4.69) is 5.32 Å². The summed E-state index contributed by atoms with van der Waals surface area (Å²) in [5.74, 6) is -0.109. The number of nitrogens with one attached hydrogen (secondary N) is 1.